The molecule has 110 valence electrons. The number of aromatic nitrogens is 2. The fraction of sp³-hybridized carbons (Fsp3) is 0.533. The molecule has 1 heterocycles. The molecule has 0 spiro atoms. The quantitative estimate of drug-likeness (QED) is 0.761. The number of methoxy groups -OCH3 is 1. The SMILES string of the molecule is CCOC(C)Cn1c(C(C)Cl)nc2cc(OC)ccc21. The van der Waals surface area contributed by atoms with E-state index in [4.69, 9.17) is 21.1 Å². The summed E-state index contributed by atoms with van der Waals surface area (Å²) in [5.41, 5.74) is 1.95. The van der Waals surface area contributed by atoms with E-state index in [1.165, 1.54) is 0 Å². The van der Waals surface area contributed by atoms with Gasteiger partial charge in [-0.1, -0.05) is 0 Å². The average Bonchev–Trinajstić information content (AvgIpc) is 2.77. The van der Waals surface area contributed by atoms with Crippen LogP contribution in [0.15, 0.2) is 18.2 Å². The van der Waals surface area contributed by atoms with Crippen molar-refractivity contribution in [3.05, 3.63) is 24.0 Å². The van der Waals surface area contributed by atoms with E-state index in [1.807, 2.05) is 32.0 Å². The molecule has 0 aliphatic carbocycles. The molecule has 0 bridgehead atoms. The van der Waals surface area contributed by atoms with E-state index in [-0.39, 0.29) is 11.5 Å². The van der Waals surface area contributed by atoms with Crippen LogP contribution in [0.5, 0.6) is 5.75 Å². The zero-order valence-electron chi connectivity index (χ0n) is 12.4. The van der Waals surface area contributed by atoms with Gasteiger partial charge in [0.25, 0.3) is 0 Å². The zero-order valence-corrected chi connectivity index (χ0v) is 13.1. The number of halogens is 1. The lowest BCUT2D eigenvalue weighted by Crippen LogP contribution is -2.18. The van der Waals surface area contributed by atoms with E-state index in [2.05, 4.69) is 16.5 Å². The summed E-state index contributed by atoms with van der Waals surface area (Å²) in [4.78, 5) is 4.63. The summed E-state index contributed by atoms with van der Waals surface area (Å²) in [6.45, 7) is 7.43. The summed E-state index contributed by atoms with van der Waals surface area (Å²) in [6.07, 6.45) is 0.119. The molecule has 0 fully saturated rings. The van der Waals surface area contributed by atoms with Crippen molar-refractivity contribution in [2.24, 2.45) is 0 Å². The summed E-state index contributed by atoms with van der Waals surface area (Å²) in [5.74, 6) is 1.66. The molecule has 0 amide bonds. The van der Waals surface area contributed by atoms with Gasteiger partial charge >= 0.3 is 0 Å². The standard InChI is InChI=1S/C15H21ClN2O2/c1-5-20-10(2)9-18-14-7-6-12(19-4)8-13(14)17-15(18)11(3)16/h6-8,10-11H,5,9H2,1-4H3. The van der Waals surface area contributed by atoms with Crippen molar-refractivity contribution in [3.63, 3.8) is 0 Å². The van der Waals surface area contributed by atoms with Crippen LogP contribution < -0.4 is 4.74 Å². The van der Waals surface area contributed by atoms with Crippen LogP contribution in [0, 0.1) is 0 Å². The first-order valence-electron chi connectivity index (χ1n) is 6.86. The number of fused-ring (bicyclic) bond motifs is 1. The molecule has 0 aliphatic heterocycles. The summed E-state index contributed by atoms with van der Waals surface area (Å²) < 4.78 is 13.0. The monoisotopic (exact) mass is 296 g/mol. The van der Waals surface area contributed by atoms with Gasteiger partial charge in [0.05, 0.1) is 36.2 Å². The molecule has 1 aromatic carbocycles. The zero-order chi connectivity index (χ0) is 14.7. The molecular weight excluding hydrogens is 276 g/mol. The maximum absolute atomic E-state index is 6.26. The van der Waals surface area contributed by atoms with E-state index < -0.39 is 0 Å². The van der Waals surface area contributed by atoms with Crippen molar-refractivity contribution in [1.29, 1.82) is 0 Å². The maximum atomic E-state index is 6.26. The highest BCUT2D eigenvalue weighted by Crippen LogP contribution is 2.27. The van der Waals surface area contributed by atoms with Gasteiger partial charge in [-0.3, -0.25) is 0 Å². The molecule has 0 N–H and O–H groups in total. The highest BCUT2D eigenvalue weighted by atomic mass is 35.5. The minimum atomic E-state index is -0.151. The molecule has 0 aliphatic rings. The first kappa shape index (κ1) is 15.1. The average molecular weight is 297 g/mol. The van der Waals surface area contributed by atoms with Crippen molar-refractivity contribution in [2.45, 2.75) is 38.8 Å². The van der Waals surface area contributed by atoms with E-state index in [9.17, 15) is 0 Å². The molecule has 1 aromatic heterocycles. The highest BCUT2D eigenvalue weighted by Gasteiger charge is 2.17. The summed E-state index contributed by atoms with van der Waals surface area (Å²) in [6, 6.07) is 5.89. The Morgan fingerprint density at radius 3 is 2.70 bits per heavy atom. The van der Waals surface area contributed by atoms with E-state index in [0.717, 1.165) is 29.2 Å². The second-order valence-electron chi connectivity index (χ2n) is 4.82. The van der Waals surface area contributed by atoms with Crippen LogP contribution in [-0.4, -0.2) is 29.4 Å². The molecule has 2 rings (SSSR count). The number of ether oxygens (including phenoxy) is 2. The number of benzene rings is 1. The third-order valence-corrected chi connectivity index (χ3v) is 3.43. The third kappa shape index (κ3) is 3.07. The molecule has 2 atom stereocenters. The Kier molecular flexibility index (Phi) is 4.89. The van der Waals surface area contributed by atoms with Crippen molar-refractivity contribution in [2.75, 3.05) is 13.7 Å². The smallest absolute Gasteiger partial charge is 0.127 e. The van der Waals surface area contributed by atoms with Gasteiger partial charge in [-0.05, 0) is 32.9 Å². The minimum absolute atomic E-state index is 0.119. The molecular formula is C15H21ClN2O2. The number of rotatable bonds is 6. The molecule has 0 radical (unpaired) electrons. The maximum Gasteiger partial charge on any atom is 0.127 e. The van der Waals surface area contributed by atoms with Crippen LogP contribution in [0.4, 0.5) is 0 Å². The molecule has 20 heavy (non-hydrogen) atoms. The van der Waals surface area contributed by atoms with Crippen LogP contribution in [0.3, 0.4) is 0 Å². The molecule has 4 nitrogen and oxygen atoms in total. The Balaban J connectivity index is 2.46. The second-order valence-corrected chi connectivity index (χ2v) is 5.47. The van der Waals surface area contributed by atoms with Crippen LogP contribution in [0.1, 0.15) is 32.0 Å². The Morgan fingerprint density at radius 1 is 1.35 bits per heavy atom. The lowest BCUT2D eigenvalue weighted by Gasteiger charge is -2.16. The van der Waals surface area contributed by atoms with Crippen molar-refractivity contribution in [1.82, 2.24) is 9.55 Å². The number of hydrogen-bond acceptors (Lipinski definition) is 3. The lowest BCUT2D eigenvalue weighted by atomic mass is 10.3. The van der Waals surface area contributed by atoms with E-state index in [0.29, 0.717) is 6.61 Å². The Labute approximate surface area is 124 Å². The Morgan fingerprint density at radius 2 is 2.10 bits per heavy atom. The minimum Gasteiger partial charge on any atom is -0.497 e. The van der Waals surface area contributed by atoms with E-state index in [1.54, 1.807) is 7.11 Å². The first-order valence-corrected chi connectivity index (χ1v) is 7.30. The van der Waals surface area contributed by atoms with Gasteiger partial charge in [-0.2, -0.15) is 0 Å². The summed E-state index contributed by atoms with van der Waals surface area (Å²) in [7, 11) is 1.65. The molecule has 0 saturated carbocycles. The molecule has 5 heteroatoms. The molecule has 2 unspecified atom stereocenters. The van der Waals surface area contributed by atoms with Gasteiger partial charge in [0.2, 0.25) is 0 Å². The fourth-order valence-electron chi connectivity index (χ4n) is 2.35. The van der Waals surface area contributed by atoms with Crippen LogP contribution in [0.2, 0.25) is 0 Å². The Hall–Kier alpha value is -1.26. The van der Waals surface area contributed by atoms with Crippen LogP contribution >= 0.6 is 11.6 Å². The second kappa shape index (κ2) is 6.46. The van der Waals surface area contributed by atoms with Gasteiger partial charge in [0, 0.05) is 12.7 Å². The summed E-state index contributed by atoms with van der Waals surface area (Å²) >= 11 is 6.26. The molecule has 0 saturated heterocycles. The highest BCUT2D eigenvalue weighted by molar-refractivity contribution is 6.20. The lowest BCUT2D eigenvalue weighted by molar-refractivity contribution is 0.0642. The van der Waals surface area contributed by atoms with Gasteiger partial charge < -0.3 is 14.0 Å². The van der Waals surface area contributed by atoms with Gasteiger partial charge in [0.15, 0.2) is 0 Å². The third-order valence-electron chi connectivity index (χ3n) is 3.23. The summed E-state index contributed by atoms with van der Waals surface area (Å²) in [5, 5.41) is -0.151. The number of imidazole rings is 1. The van der Waals surface area contributed by atoms with Gasteiger partial charge in [-0.15, -0.1) is 11.6 Å². The van der Waals surface area contributed by atoms with Gasteiger partial charge in [-0.25, -0.2) is 4.98 Å². The number of alkyl halides is 1. The van der Waals surface area contributed by atoms with Crippen molar-refractivity contribution >= 4 is 22.6 Å². The Bertz CT molecular complexity index is 581. The normalized spacial score (nSPS) is 14.4. The predicted octanol–water partition coefficient (Wildman–Crippen LogP) is 3.77. The number of hydrogen-bond donors (Lipinski definition) is 0. The predicted molar refractivity (Wildman–Crippen MR) is 81.6 cm³/mol. The van der Waals surface area contributed by atoms with Crippen molar-refractivity contribution in [3.8, 4) is 5.75 Å². The first-order chi connectivity index (χ1) is 9.56. The largest absolute Gasteiger partial charge is 0.497 e. The topological polar surface area (TPSA) is 36.3 Å². The molecule has 2 aromatic rings. The van der Waals surface area contributed by atoms with E-state index >= 15 is 0 Å². The number of nitrogens with zero attached hydrogens (tertiary/aromatic N) is 2. The van der Waals surface area contributed by atoms with Crippen LogP contribution in [0.25, 0.3) is 11.0 Å². The van der Waals surface area contributed by atoms with Gasteiger partial charge in [0.1, 0.15) is 11.6 Å². The van der Waals surface area contributed by atoms with Crippen LogP contribution in [-0.2, 0) is 11.3 Å². The fourth-order valence-corrected chi connectivity index (χ4v) is 2.51. The van der Waals surface area contributed by atoms with Crippen molar-refractivity contribution < 1.29 is 9.47 Å².